The average molecular weight is 408 g/mol. The molecule has 2 aliphatic rings. The number of piperidine rings is 1. The Hall–Kier alpha value is -1.97. The van der Waals surface area contributed by atoms with Crippen LogP contribution in [0, 0.1) is 5.92 Å². The summed E-state index contributed by atoms with van der Waals surface area (Å²) in [5, 5.41) is 3.28. The number of aromatic nitrogens is 4. The molecule has 2 N–H and O–H groups in total. The third kappa shape index (κ3) is 4.53. The van der Waals surface area contributed by atoms with Crippen LogP contribution in [0.4, 0.5) is 5.82 Å². The van der Waals surface area contributed by atoms with E-state index in [1.54, 1.807) is 6.33 Å². The summed E-state index contributed by atoms with van der Waals surface area (Å²) in [6.07, 6.45) is 4.36. The van der Waals surface area contributed by atoms with E-state index in [1.165, 1.54) is 0 Å². The van der Waals surface area contributed by atoms with Gasteiger partial charge in [0.05, 0.1) is 25.5 Å². The first-order chi connectivity index (χ1) is 13.7. The number of halogens is 1. The number of anilines is 1. The van der Waals surface area contributed by atoms with Crippen LogP contribution in [0.3, 0.4) is 0 Å². The number of fused-ring (bicyclic) bond motifs is 1. The highest BCUT2D eigenvalue weighted by Crippen LogP contribution is 2.27. The van der Waals surface area contributed by atoms with Crippen molar-refractivity contribution in [1.82, 2.24) is 30.2 Å². The van der Waals surface area contributed by atoms with Gasteiger partial charge < -0.3 is 19.9 Å². The molecule has 0 saturated carbocycles. The van der Waals surface area contributed by atoms with Crippen molar-refractivity contribution in [2.24, 2.45) is 5.92 Å². The van der Waals surface area contributed by atoms with Gasteiger partial charge in [-0.25, -0.2) is 4.98 Å². The molecule has 2 aromatic rings. The number of ether oxygens (including phenoxy) is 1. The molecule has 0 bridgehead atoms. The second-order valence-corrected chi connectivity index (χ2v) is 7.64. The van der Waals surface area contributed by atoms with Gasteiger partial charge in [-0.15, -0.1) is 0 Å². The van der Waals surface area contributed by atoms with Crippen molar-refractivity contribution in [3.8, 4) is 0 Å². The van der Waals surface area contributed by atoms with E-state index in [-0.39, 0.29) is 17.1 Å². The fourth-order valence-electron chi connectivity index (χ4n) is 3.89. The molecule has 2 aliphatic heterocycles. The summed E-state index contributed by atoms with van der Waals surface area (Å²) < 4.78 is 5.36. The van der Waals surface area contributed by atoms with Crippen molar-refractivity contribution < 1.29 is 9.53 Å². The molecule has 2 saturated heterocycles. The Morgan fingerprint density at radius 1 is 1.32 bits per heavy atom. The summed E-state index contributed by atoms with van der Waals surface area (Å²) in [6.45, 7) is 6.74. The van der Waals surface area contributed by atoms with Gasteiger partial charge in [0, 0.05) is 32.7 Å². The highest BCUT2D eigenvalue weighted by atomic mass is 35.5. The standard InChI is InChI=1S/C18H26ClN7O2/c19-18-23-15-14(21-12-22-15)16(24-18)26-6-1-3-13(11-26)17(27)20-4-2-5-25-7-9-28-10-8-25/h12-13H,1-11H2,(H,20,27)(H,21,22,23,24)/t13-/m1/s1. The minimum atomic E-state index is -0.0520. The largest absolute Gasteiger partial charge is 0.379 e. The van der Waals surface area contributed by atoms with Gasteiger partial charge in [-0.1, -0.05) is 0 Å². The lowest BCUT2D eigenvalue weighted by atomic mass is 9.97. The topological polar surface area (TPSA) is 99.3 Å². The Morgan fingerprint density at radius 3 is 3.04 bits per heavy atom. The maximum atomic E-state index is 12.7. The fourth-order valence-corrected chi connectivity index (χ4v) is 4.05. The molecular weight excluding hydrogens is 382 g/mol. The van der Waals surface area contributed by atoms with Gasteiger partial charge in [-0.2, -0.15) is 9.97 Å². The maximum absolute atomic E-state index is 12.7. The van der Waals surface area contributed by atoms with Crippen LogP contribution >= 0.6 is 11.6 Å². The smallest absolute Gasteiger partial charge is 0.226 e. The van der Waals surface area contributed by atoms with Gasteiger partial charge in [-0.05, 0) is 37.4 Å². The molecule has 1 atom stereocenters. The fraction of sp³-hybridized carbons (Fsp3) is 0.667. The highest BCUT2D eigenvalue weighted by Gasteiger charge is 2.28. The normalized spacial score (nSPS) is 21.2. The number of imidazole rings is 1. The van der Waals surface area contributed by atoms with E-state index in [0.29, 0.717) is 18.7 Å². The Labute approximate surface area is 168 Å². The van der Waals surface area contributed by atoms with E-state index in [1.807, 2.05) is 0 Å². The SMILES string of the molecule is O=C(NCCCN1CCOCC1)[C@@H]1CCCN(c2nc(Cl)nc3nc[nH]c23)C1. The number of carbonyl (C=O) groups is 1. The van der Waals surface area contributed by atoms with Crippen LogP contribution in [-0.4, -0.2) is 83.2 Å². The number of H-pyrrole nitrogens is 1. The first-order valence-corrected chi connectivity index (χ1v) is 10.3. The van der Waals surface area contributed by atoms with Crippen molar-refractivity contribution in [3.63, 3.8) is 0 Å². The van der Waals surface area contributed by atoms with E-state index in [2.05, 4.69) is 35.1 Å². The lowest BCUT2D eigenvalue weighted by Gasteiger charge is -2.33. The van der Waals surface area contributed by atoms with Crippen molar-refractivity contribution in [3.05, 3.63) is 11.6 Å². The summed E-state index contributed by atoms with van der Waals surface area (Å²) in [4.78, 5) is 32.9. The Balaban J connectivity index is 1.30. The molecule has 0 radical (unpaired) electrons. The molecule has 4 rings (SSSR count). The summed E-state index contributed by atoms with van der Waals surface area (Å²) in [6, 6.07) is 0. The number of carbonyl (C=O) groups excluding carboxylic acids is 1. The van der Waals surface area contributed by atoms with Crippen LogP contribution in [0.15, 0.2) is 6.33 Å². The molecule has 2 fully saturated rings. The van der Waals surface area contributed by atoms with Crippen LogP contribution < -0.4 is 10.2 Å². The van der Waals surface area contributed by atoms with Crippen molar-refractivity contribution >= 4 is 34.5 Å². The number of nitrogens with one attached hydrogen (secondary N) is 2. The van der Waals surface area contributed by atoms with Crippen molar-refractivity contribution in [2.75, 3.05) is 57.4 Å². The summed E-state index contributed by atoms with van der Waals surface area (Å²) in [5.74, 6) is 0.786. The van der Waals surface area contributed by atoms with Crippen molar-refractivity contribution in [1.29, 1.82) is 0 Å². The zero-order valence-electron chi connectivity index (χ0n) is 15.9. The number of morpholine rings is 1. The number of rotatable bonds is 6. The third-order valence-corrected chi connectivity index (χ3v) is 5.55. The van der Waals surface area contributed by atoms with E-state index < -0.39 is 0 Å². The van der Waals surface area contributed by atoms with E-state index in [0.717, 1.165) is 70.0 Å². The minimum Gasteiger partial charge on any atom is -0.379 e. The zero-order valence-corrected chi connectivity index (χ0v) is 16.6. The molecular formula is C18H26ClN7O2. The van der Waals surface area contributed by atoms with Crippen LogP contribution in [-0.2, 0) is 9.53 Å². The number of hydrogen-bond donors (Lipinski definition) is 2. The van der Waals surface area contributed by atoms with Gasteiger partial charge in [0.2, 0.25) is 11.2 Å². The molecule has 4 heterocycles. The van der Waals surface area contributed by atoms with E-state index in [9.17, 15) is 4.79 Å². The molecule has 152 valence electrons. The molecule has 10 heteroatoms. The molecule has 0 spiro atoms. The van der Waals surface area contributed by atoms with E-state index >= 15 is 0 Å². The van der Waals surface area contributed by atoms with Crippen LogP contribution in [0.1, 0.15) is 19.3 Å². The second kappa shape index (κ2) is 9.02. The Morgan fingerprint density at radius 2 is 2.18 bits per heavy atom. The van der Waals surface area contributed by atoms with Crippen LogP contribution in [0.2, 0.25) is 5.28 Å². The van der Waals surface area contributed by atoms with Gasteiger partial charge >= 0.3 is 0 Å². The van der Waals surface area contributed by atoms with Gasteiger partial charge in [0.25, 0.3) is 0 Å². The number of aromatic amines is 1. The van der Waals surface area contributed by atoms with Crippen molar-refractivity contribution in [2.45, 2.75) is 19.3 Å². The molecule has 0 aromatic carbocycles. The number of amides is 1. The Kier molecular flexibility index (Phi) is 6.23. The first kappa shape index (κ1) is 19.4. The van der Waals surface area contributed by atoms with Crippen LogP contribution in [0.25, 0.3) is 11.2 Å². The van der Waals surface area contributed by atoms with Gasteiger partial charge in [0.1, 0.15) is 5.52 Å². The van der Waals surface area contributed by atoms with Gasteiger partial charge in [0.15, 0.2) is 11.5 Å². The number of hydrogen-bond acceptors (Lipinski definition) is 7. The quantitative estimate of drug-likeness (QED) is 0.545. The van der Waals surface area contributed by atoms with Gasteiger partial charge in [-0.3, -0.25) is 9.69 Å². The summed E-state index contributed by atoms with van der Waals surface area (Å²) in [7, 11) is 0. The second-order valence-electron chi connectivity index (χ2n) is 7.30. The molecule has 9 nitrogen and oxygen atoms in total. The van der Waals surface area contributed by atoms with Crippen LogP contribution in [0.5, 0.6) is 0 Å². The molecule has 28 heavy (non-hydrogen) atoms. The zero-order chi connectivity index (χ0) is 19.3. The minimum absolute atomic E-state index is 0.0520. The predicted octanol–water partition coefficient (Wildman–Crippen LogP) is 1.06. The van der Waals surface area contributed by atoms with E-state index in [4.69, 9.17) is 16.3 Å². The lowest BCUT2D eigenvalue weighted by molar-refractivity contribution is -0.125. The average Bonchev–Trinajstić information content (AvgIpc) is 3.19. The first-order valence-electron chi connectivity index (χ1n) is 9.90. The Bertz CT molecular complexity index is 808. The third-order valence-electron chi connectivity index (χ3n) is 5.39. The number of nitrogens with zero attached hydrogens (tertiary/aromatic N) is 5. The molecule has 2 aromatic heterocycles. The summed E-state index contributed by atoms with van der Waals surface area (Å²) in [5.41, 5.74) is 1.31. The monoisotopic (exact) mass is 407 g/mol. The predicted molar refractivity (Wildman–Crippen MR) is 107 cm³/mol. The highest BCUT2D eigenvalue weighted by molar-refractivity contribution is 6.28. The lowest BCUT2D eigenvalue weighted by Crippen LogP contribution is -2.44. The summed E-state index contributed by atoms with van der Waals surface area (Å²) >= 11 is 6.05. The molecule has 1 amide bonds. The molecule has 0 aliphatic carbocycles. The maximum Gasteiger partial charge on any atom is 0.226 e. The molecule has 0 unspecified atom stereocenters.